The number of nitrogens with zero attached hydrogens (tertiary/aromatic N) is 2. The number of benzene rings is 1. The van der Waals surface area contributed by atoms with Gasteiger partial charge in [0.25, 0.3) is 5.91 Å². The van der Waals surface area contributed by atoms with Gasteiger partial charge in [0.1, 0.15) is 11.3 Å². The molecular weight excluding hydrogens is 362 g/mol. The van der Waals surface area contributed by atoms with Gasteiger partial charge in [-0.2, -0.15) is 0 Å². The van der Waals surface area contributed by atoms with Crippen LogP contribution in [0.1, 0.15) is 31.3 Å². The largest absolute Gasteiger partial charge is 0.443 e. The van der Waals surface area contributed by atoms with Crippen molar-refractivity contribution in [3.05, 3.63) is 42.2 Å². The lowest BCUT2D eigenvalue weighted by atomic mass is 10.1. The molecule has 8 nitrogen and oxygen atoms in total. The number of para-hydroxylation sites is 1. The summed E-state index contributed by atoms with van der Waals surface area (Å²) in [4.78, 5) is 38.6. The predicted octanol–water partition coefficient (Wildman–Crippen LogP) is 3.28. The Balaban J connectivity index is 2.01. The molecule has 0 atom stereocenters. The van der Waals surface area contributed by atoms with E-state index in [0.29, 0.717) is 11.0 Å². The van der Waals surface area contributed by atoms with Crippen LogP contribution >= 0.6 is 0 Å². The molecule has 0 saturated heterocycles. The number of carbonyl (C=O) groups excluding carboxylic acids is 2. The topological polar surface area (TPSA) is 91.7 Å². The highest BCUT2D eigenvalue weighted by atomic mass is 17.2. The van der Waals surface area contributed by atoms with Crippen LogP contribution in [0.3, 0.4) is 0 Å². The molecule has 8 heteroatoms. The van der Waals surface area contributed by atoms with Gasteiger partial charge in [-0.05, 0) is 32.9 Å². The fraction of sp³-hybridized carbons (Fsp3) is 0.350. The van der Waals surface area contributed by atoms with Gasteiger partial charge in [0.05, 0.1) is 30.9 Å². The second kappa shape index (κ2) is 7.95. The zero-order valence-corrected chi connectivity index (χ0v) is 16.3. The number of amides is 1. The number of hydrogen-bond acceptors (Lipinski definition) is 6. The van der Waals surface area contributed by atoms with E-state index in [1.54, 1.807) is 6.07 Å². The fourth-order valence-electron chi connectivity index (χ4n) is 2.88. The molecule has 0 aliphatic rings. The van der Waals surface area contributed by atoms with Crippen molar-refractivity contribution < 1.29 is 24.1 Å². The maximum atomic E-state index is 12.8. The number of carbonyl (C=O) groups is 2. The van der Waals surface area contributed by atoms with Crippen LogP contribution in [-0.2, 0) is 14.5 Å². The first-order valence-electron chi connectivity index (χ1n) is 8.88. The number of aromatic nitrogens is 2. The molecule has 0 radical (unpaired) electrons. The lowest BCUT2D eigenvalue weighted by Crippen LogP contribution is -2.28. The van der Waals surface area contributed by atoms with Crippen molar-refractivity contribution in [2.24, 2.45) is 0 Å². The molecule has 0 bridgehead atoms. The van der Waals surface area contributed by atoms with E-state index in [-0.39, 0.29) is 24.8 Å². The SMILES string of the molecule is COOCCNC(=O)c1cc2c3ccccc3n(C(=O)OC(C)(C)C)c2cn1. The summed E-state index contributed by atoms with van der Waals surface area (Å²) >= 11 is 0. The predicted molar refractivity (Wildman–Crippen MR) is 104 cm³/mol. The summed E-state index contributed by atoms with van der Waals surface area (Å²) < 4.78 is 7.03. The van der Waals surface area contributed by atoms with Crippen LogP contribution in [-0.4, -0.2) is 47.4 Å². The molecule has 0 spiro atoms. The maximum Gasteiger partial charge on any atom is 0.419 e. The molecule has 3 rings (SSSR count). The van der Waals surface area contributed by atoms with Crippen molar-refractivity contribution in [1.82, 2.24) is 14.9 Å². The molecule has 2 heterocycles. The summed E-state index contributed by atoms with van der Waals surface area (Å²) in [5, 5.41) is 4.28. The van der Waals surface area contributed by atoms with Gasteiger partial charge >= 0.3 is 6.09 Å². The highest BCUT2D eigenvalue weighted by molar-refractivity contribution is 6.13. The van der Waals surface area contributed by atoms with Crippen LogP contribution in [0.15, 0.2) is 36.5 Å². The Morgan fingerprint density at radius 1 is 1.14 bits per heavy atom. The lowest BCUT2D eigenvalue weighted by Gasteiger charge is -2.20. The zero-order chi connectivity index (χ0) is 20.3. The van der Waals surface area contributed by atoms with E-state index in [1.807, 2.05) is 45.0 Å². The fourth-order valence-corrected chi connectivity index (χ4v) is 2.88. The molecule has 0 fully saturated rings. The maximum absolute atomic E-state index is 12.8. The van der Waals surface area contributed by atoms with Gasteiger partial charge in [0.15, 0.2) is 0 Å². The third kappa shape index (κ3) is 4.13. The van der Waals surface area contributed by atoms with E-state index >= 15 is 0 Å². The van der Waals surface area contributed by atoms with E-state index in [1.165, 1.54) is 17.9 Å². The smallest absolute Gasteiger partial charge is 0.419 e. The first kappa shape index (κ1) is 19.8. The molecule has 0 unspecified atom stereocenters. The number of pyridine rings is 1. The Bertz CT molecular complexity index is 1020. The van der Waals surface area contributed by atoms with Gasteiger partial charge < -0.3 is 10.1 Å². The molecule has 0 aliphatic heterocycles. The van der Waals surface area contributed by atoms with Crippen molar-refractivity contribution in [1.29, 1.82) is 0 Å². The average Bonchev–Trinajstić information content (AvgIpc) is 2.97. The van der Waals surface area contributed by atoms with Crippen molar-refractivity contribution >= 4 is 33.8 Å². The van der Waals surface area contributed by atoms with E-state index in [4.69, 9.17) is 9.62 Å². The standard InChI is InChI=1S/C20H23N3O5/c1-20(2,3)28-19(25)23-16-8-6-5-7-13(16)14-11-15(22-12-17(14)23)18(24)21-9-10-27-26-4/h5-8,11-12H,9-10H2,1-4H3,(H,21,24). The van der Waals surface area contributed by atoms with Gasteiger partial charge in [-0.25, -0.2) is 24.1 Å². The second-order valence-electron chi connectivity index (χ2n) is 7.16. The quantitative estimate of drug-likeness (QED) is 0.412. The third-order valence-electron chi connectivity index (χ3n) is 3.96. The van der Waals surface area contributed by atoms with Crippen molar-refractivity contribution in [2.45, 2.75) is 26.4 Å². The number of rotatable bonds is 5. The van der Waals surface area contributed by atoms with E-state index in [2.05, 4.69) is 15.2 Å². The Hall–Kier alpha value is -2.97. The summed E-state index contributed by atoms with van der Waals surface area (Å²) in [7, 11) is 1.40. The zero-order valence-electron chi connectivity index (χ0n) is 16.3. The molecule has 3 aromatic rings. The normalized spacial score (nSPS) is 11.7. The second-order valence-corrected chi connectivity index (χ2v) is 7.16. The molecule has 148 valence electrons. The van der Waals surface area contributed by atoms with E-state index in [0.717, 1.165) is 10.8 Å². The van der Waals surface area contributed by atoms with Gasteiger partial charge in [0.2, 0.25) is 0 Å². The van der Waals surface area contributed by atoms with Crippen LogP contribution in [0, 0.1) is 0 Å². The average molecular weight is 385 g/mol. The number of fused-ring (bicyclic) bond motifs is 3. The molecule has 1 aromatic carbocycles. The third-order valence-corrected chi connectivity index (χ3v) is 3.96. The molecule has 1 amide bonds. The Labute approximate surface area is 162 Å². The molecule has 28 heavy (non-hydrogen) atoms. The Morgan fingerprint density at radius 3 is 2.61 bits per heavy atom. The minimum absolute atomic E-state index is 0.225. The minimum atomic E-state index is -0.633. The Kier molecular flexibility index (Phi) is 5.62. The van der Waals surface area contributed by atoms with E-state index in [9.17, 15) is 9.59 Å². The highest BCUT2D eigenvalue weighted by Crippen LogP contribution is 2.29. The van der Waals surface area contributed by atoms with Gasteiger partial charge in [-0.15, -0.1) is 0 Å². The number of nitrogens with one attached hydrogen (secondary N) is 1. The highest BCUT2D eigenvalue weighted by Gasteiger charge is 2.23. The van der Waals surface area contributed by atoms with Crippen LogP contribution in [0.4, 0.5) is 4.79 Å². The first-order chi connectivity index (χ1) is 13.3. The first-order valence-corrected chi connectivity index (χ1v) is 8.88. The van der Waals surface area contributed by atoms with Gasteiger partial charge in [0, 0.05) is 17.3 Å². The van der Waals surface area contributed by atoms with Crippen LogP contribution in [0.5, 0.6) is 0 Å². The molecule has 1 N–H and O–H groups in total. The molecule has 0 saturated carbocycles. The molecular formula is C20H23N3O5. The lowest BCUT2D eigenvalue weighted by molar-refractivity contribution is -0.270. The van der Waals surface area contributed by atoms with Crippen molar-refractivity contribution in [2.75, 3.05) is 20.3 Å². The van der Waals surface area contributed by atoms with E-state index < -0.39 is 11.7 Å². The van der Waals surface area contributed by atoms with Crippen LogP contribution < -0.4 is 5.32 Å². The number of hydrogen-bond donors (Lipinski definition) is 1. The van der Waals surface area contributed by atoms with Crippen molar-refractivity contribution in [3.8, 4) is 0 Å². The summed E-state index contributed by atoms with van der Waals surface area (Å²) in [5.41, 5.74) is 0.887. The summed E-state index contributed by atoms with van der Waals surface area (Å²) in [5.74, 6) is -0.337. The molecule has 0 aliphatic carbocycles. The van der Waals surface area contributed by atoms with Crippen molar-refractivity contribution in [3.63, 3.8) is 0 Å². The van der Waals surface area contributed by atoms with Gasteiger partial charge in [-0.1, -0.05) is 18.2 Å². The molecule has 2 aromatic heterocycles. The number of ether oxygens (including phenoxy) is 1. The van der Waals surface area contributed by atoms with Gasteiger partial charge in [-0.3, -0.25) is 4.79 Å². The summed E-state index contributed by atoms with van der Waals surface area (Å²) in [6.45, 7) is 5.95. The summed E-state index contributed by atoms with van der Waals surface area (Å²) in [6, 6.07) is 9.13. The monoisotopic (exact) mass is 385 g/mol. The minimum Gasteiger partial charge on any atom is -0.443 e. The van der Waals surface area contributed by atoms with Crippen LogP contribution in [0.2, 0.25) is 0 Å². The summed E-state index contributed by atoms with van der Waals surface area (Å²) in [6.07, 6.45) is 1.02. The Morgan fingerprint density at radius 2 is 1.89 bits per heavy atom. The van der Waals surface area contributed by atoms with Crippen LogP contribution in [0.25, 0.3) is 21.8 Å².